The van der Waals surface area contributed by atoms with Crippen molar-refractivity contribution in [2.75, 3.05) is 5.73 Å². The molecule has 94 valence electrons. The maximum atomic E-state index is 13.4. The zero-order chi connectivity index (χ0) is 12.7. The lowest BCUT2D eigenvalue weighted by atomic mass is 9.97. The first kappa shape index (κ1) is 11.0. The zero-order valence-electron chi connectivity index (χ0n) is 9.67. The molecule has 2 aromatic rings. The second kappa shape index (κ2) is 3.97. The number of benzene rings is 1. The average molecular weight is 248 g/mol. The summed E-state index contributed by atoms with van der Waals surface area (Å²) in [6.45, 7) is 0. The second-order valence-corrected chi connectivity index (χ2v) is 4.45. The number of phenols is 1. The number of nitrogens with zero attached hydrogens (tertiary/aromatic N) is 3. The summed E-state index contributed by atoms with van der Waals surface area (Å²) in [5.41, 5.74) is 6.37. The van der Waals surface area contributed by atoms with Crippen LogP contribution in [-0.2, 0) is 6.42 Å². The number of aromatic nitrogens is 3. The molecule has 0 radical (unpaired) electrons. The Morgan fingerprint density at radius 3 is 3.06 bits per heavy atom. The van der Waals surface area contributed by atoms with Crippen LogP contribution in [0.15, 0.2) is 18.2 Å². The molecule has 0 bridgehead atoms. The number of fused-ring (bicyclic) bond motifs is 1. The molecule has 2 heterocycles. The Morgan fingerprint density at radius 1 is 1.44 bits per heavy atom. The highest BCUT2D eigenvalue weighted by Crippen LogP contribution is 2.31. The predicted molar refractivity (Wildman–Crippen MR) is 63.6 cm³/mol. The van der Waals surface area contributed by atoms with E-state index in [4.69, 9.17) is 5.73 Å². The van der Waals surface area contributed by atoms with Gasteiger partial charge in [0.1, 0.15) is 5.82 Å². The third kappa shape index (κ3) is 1.70. The second-order valence-electron chi connectivity index (χ2n) is 4.45. The molecule has 1 atom stereocenters. The van der Waals surface area contributed by atoms with Crippen LogP contribution in [0.25, 0.3) is 0 Å². The van der Waals surface area contributed by atoms with E-state index in [0.717, 1.165) is 30.7 Å². The molecule has 1 aromatic heterocycles. The van der Waals surface area contributed by atoms with Gasteiger partial charge in [-0.05, 0) is 30.5 Å². The van der Waals surface area contributed by atoms with Crippen LogP contribution in [-0.4, -0.2) is 19.9 Å². The number of phenolic OH excluding ortho intramolecular Hbond substituents is 1. The van der Waals surface area contributed by atoms with Crippen molar-refractivity contribution in [3.05, 3.63) is 35.4 Å². The van der Waals surface area contributed by atoms with Gasteiger partial charge in [-0.25, -0.2) is 9.07 Å². The third-order valence-electron chi connectivity index (χ3n) is 3.25. The highest BCUT2D eigenvalue weighted by molar-refractivity contribution is 5.31. The van der Waals surface area contributed by atoms with Crippen LogP contribution in [0.2, 0.25) is 0 Å². The van der Waals surface area contributed by atoms with Crippen molar-refractivity contribution >= 4 is 5.95 Å². The molecule has 5 nitrogen and oxygen atoms in total. The van der Waals surface area contributed by atoms with Crippen molar-refractivity contribution in [3.8, 4) is 5.75 Å². The molecule has 1 aliphatic rings. The number of rotatable bonds is 1. The van der Waals surface area contributed by atoms with Crippen molar-refractivity contribution in [3.63, 3.8) is 0 Å². The van der Waals surface area contributed by atoms with E-state index in [1.807, 2.05) is 0 Å². The van der Waals surface area contributed by atoms with Crippen molar-refractivity contribution < 1.29 is 9.50 Å². The maximum absolute atomic E-state index is 13.4. The summed E-state index contributed by atoms with van der Waals surface area (Å²) in [6.07, 6.45) is 2.66. The van der Waals surface area contributed by atoms with Gasteiger partial charge in [-0.2, -0.15) is 4.98 Å². The van der Waals surface area contributed by atoms with Crippen LogP contribution < -0.4 is 5.73 Å². The molecule has 18 heavy (non-hydrogen) atoms. The Labute approximate surface area is 103 Å². The number of anilines is 1. The molecule has 0 saturated heterocycles. The van der Waals surface area contributed by atoms with Crippen molar-refractivity contribution in [2.24, 2.45) is 0 Å². The average Bonchev–Trinajstić information content (AvgIpc) is 2.72. The van der Waals surface area contributed by atoms with Gasteiger partial charge in [0.2, 0.25) is 5.95 Å². The van der Waals surface area contributed by atoms with Crippen LogP contribution in [0.3, 0.4) is 0 Å². The van der Waals surface area contributed by atoms with E-state index in [0.29, 0.717) is 0 Å². The van der Waals surface area contributed by atoms with E-state index in [9.17, 15) is 9.50 Å². The first-order valence-corrected chi connectivity index (χ1v) is 5.84. The molecule has 0 saturated carbocycles. The number of aromatic hydroxyl groups is 1. The minimum absolute atomic E-state index is 0.0614. The fourth-order valence-electron chi connectivity index (χ4n) is 2.41. The van der Waals surface area contributed by atoms with Gasteiger partial charge in [0.15, 0.2) is 11.6 Å². The molecule has 3 rings (SSSR count). The quantitative estimate of drug-likeness (QED) is 0.804. The molecule has 0 fully saturated rings. The number of nitrogens with two attached hydrogens (primary N) is 1. The SMILES string of the molecule is Nc1nc2n(n1)C(c1ccc(O)c(F)c1)CCC2. The smallest absolute Gasteiger partial charge is 0.239 e. The molecule has 1 unspecified atom stereocenters. The van der Waals surface area contributed by atoms with Gasteiger partial charge in [-0.15, -0.1) is 5.10 Å². The Morgan fingerprint density at radius 2 is 2.28 bits per heavy atom. The van der Waals surface area contributed by atoms with E-state index in [-0.39, 0.29) is 17.7 Å². The monoisotopic (exact) mass is 248 g/mol. The molecule has 3 N–H and O–H groups in total. The number of hydrogen-bond donors (Lipinski definition) is 2. The number of halogens is 1. The largest absolute Gasteiger partial charge is 0.505 e. The van der Waals surface area contributed by atoms with Crippen molar-refractivity contribution in [1.29, 1.82) is 0 Å². The van der Waals surface area contributed by atoms with E-state index in [1.165, 1.54) is 12.1 Å². The highest BCUT2D eigenvalue weighted by atomic mass is 19.1. The van der Waals surface area contributed by atoms with Gasteiger partial charge in [0.05, 0.1) is 6.04 Å². The first-order chi connectivity index (χ1) is 8.65. The summed E-state index contributed by atoms with van der Waals surface area (Å²) in [5.74, 6) is 0.119. The van der Waals surface area contributed by atoms with Gasteiger partial charge in [0, 0.05) is 6.42 Å². The van der Waals surface area contributed by atoms with Gasteiger partial charge in [-0.3, -0.25) is 0 Å². The normalized spacial score (nSPS) is 18.6. The van der Waals surface area contributed by atoms with Crippen LogP contribution in [0, 0.1) is 5.82 Å². The fraction of sp³-hybridized carbons (Fsp3) is 0.333. The van der Waals surface area contributed by atoms with Gasteiger partial charge in [-0.1, -0.05) is 6.07 Å². The van der Waals surface area contributed by atoms with Gasteiger partial charge >= 0.3 is 0 Å². The number of hydrogen-bond acceptors (Lipinski definition) is 4. The van der Waals surface area contributed by atoms with Gasteiger partial charge in [0.25, 0.3) is 0 Å². The van der Waals surface area contributed by atoms with Crippen LogP contribution in [0.4, 0.5) is 10.3 Å². The summed E-state index contributed by atoms with van der Waals surface area (Å²) in [4.78, 5) is 4.15. The Balaban J connectivity index is 2.05. The number of nitrogen functional groups attached to an aromatic ring is 1. The highest BCUT2D eigenvalue weighted by Gasteiger charge is 2.24. The Kier molecular flexibility index (Phi) is 2.43. The topological polar surface area (TPSA) is 77.0 Å². The molecule has 0 aliphatic carbocycles. The molecule has 1 aromatic carbocycles. The molecular weight excluding hydrogens is 235 g/mol. The molecule has 6 heteroatoms. The number of aryl methyl sites for hydroxylation is 1. The summed E-state index contributed by atoms with van der Waals surface area (Å²) in [5, 5.41) is 13.4. The van der Waals surface area contributed by atoms with E-state index >= 15 is 0 Å². The van der Waals surface area contributed by atoms with Crippen LogP contribution in [0.5, 0.6) is 5.75 Å². The lowest BCUT2D eigenvalue weighted by Gasteiger charge is -2.23. The molecule has 1 aliphatic heterocycles. The summed E-state index contributed by atoms with van der Waals surface area (Å²) >= 11 is 0. The predicted octanol–water partition coefficient (Wildman–Crippen LogP) is 1.63. The summed E-state index contributed by atoms with van der Waals surface area (Å²) < 4.78 is 15.2. The Hall–Kier alpha value is -2.11. The van der Waals surface area contributed by atoms with E-state index < -0.39 is 5.82 Å². The zero-order valence-corrected chi connectivity index (χ0v) is 9.67. The molecule has 0 spiro atoms. The maximum Gasteiger partial charge on any atom is 0.239 e. The minimum atomic E-state index is -0.618. The fourth-order valence-corrected chi connectivity index (χ4v) is 2.41. The molecular formula is C12H13FN4O. The standard InChI is InChI=1S/C12H13FN4O/c13-8-6-7(4-5-10(8)18)9-2-1-3-11-15-12(14)16-17(9)11/h4-6,9,18H,1-3H2,(H2,14,16). The van der Waals surface area contributed by atoms with Gasteiger partial charge < -0.3 is 10.8 Å². The lowest BCUT2D eigenvalue weighted by molar-refractivity contribution is 0.405. The van der Waals surface area contributed by atoms with Crippen molar-refractivity contribution in [2.45, 2.75) is 25.3 Å². The third-order valence-corrected chi connectivity index (χ3v) is 3.25. The first-order valence-electron chi connectivity index (χ1n) is 5.84. The van der Waals surface area contributed by atoms with Crippen molar-refractivity contribution in [1.82, 2.24) is 14.8 Å². The molecule has 0 amide bonds. The lowest BCUT2D eigenvalue weighted by Crippen LogP contribution is -2.20. The van der Waals surface area contributed by atoms with Crippen LogP contribution in [0.1, 0.15) is 30.3 Å². The van der Waals surface area contributed by atoms with Crippen LogP contribution >= 0.6 is 0 Å². The van der Waals surface area contributed by atoms with E-state index in [1.54, 1.807) is 10.7 Å². The summed E-state index contributed by atoms with van der Waals surface area (Å²) in [7, 11) is 0. The summed E-state index contributed by atoms with van der Waals surface area (Å²) in [6, 6.07) is 4.34. The minimum Gasteiger partial charge on any atom is -0.505 e. The Bertz CT molecular complexity index is 596. The van der Waals surface area contributed by atoms with E-state index in [2.05, 4.69) is 10.1 Å².